The smallest absolute Gasteiger partial charge is 0.340 e. The zero-order chi connectivity index (χ0) is 22.6. The van der Waals surface area contributed by atoms with Crippen LogP contribution in [-0.4, -0.2) is 54.9 Å². The first kappa shape index (κ1) is 22.6. The summed E-state index contributed by atoms with van der Waals surface area (Å²) in [6, 6.07) is 3.81. The minimum atomic E-state index is -0.873. The maximum atomic E-state index is 12.6. The van der Waals surface area contributed by atoms with E-state index < -0.39 is 29.3 Å². The molecule has 0 fully saturated rings. The van der Waals surface area contributed by atoms with Crippen molar-refractivity contribution >= 4 is 29.1 Å². The lowest BCUT2D eigenvalue weighted by molar-refractivity contribution is -0.384. The number of ether oxygens (including phenoxy) is 2. The van der Waals surface area contributed by atoms with Crippen LogP contribution in [0.4, 0.5) is 11.4 Å². The molecule has 0 saturated carbocycles. The van der Waals surface area contributed by atoms with Crippen LogP contribution in [0.2, 0.25) is 0 Å². The molecule has 0 unspecified atom stereocenters. The third-order valence-corrected chi connectivity index (χ3v) is 4.42. The van der Waals surface area contributed by atoms with Crippen molar-refractivity contribution in [3.8, 4) is 0 Å². The van der Waals surface area contributed by atoms with Crippen molar-refractivity contribution in [3.63, 3.8) is 0 Å². The van der Waals surface area contributed by atoms with Gasteiger partial charge in [-0.3, -0.25) is 14.9 Å². The van der Waals surface area contributed by atoms with Crippen LogP contribution < -0.4 is 4.90 Å². The molecule has 1 heterocycles. The van der Waals surface area contributed by atoms with Gasteiger partial charge in [-0.25, -0.2) is 9.59 Å². The Morgan fingerprint density at radius 1 is 1.13 bits per heavy atom. The van der Waals surface area contributed by atoms with E-state index >= 15 is 0 Å². The summed E-state index contributed by atoms with van der Waals surface area (Å²) < 4.78 is 10.1. The number of esters is 2. The number of aromatic nitrogens is 1. The van der Waals surface area contributed by atoms with Crippen LogP contribution in [0, 0.1) is 24.0 Å². The summed E-state index contributed by atoms with van der Waals surface area (Å²) in [5.41, 5.74) is 1.37. The predicted molar refractivity (Wildman–Crippen MR) is 108 cm³/mol. The molecule has 0 atom stereocenters. The largest absolute Gasteiger partial charge is 0.462 e. The Balaban J connectivity index is 2.22. The topological polar surface area (TPSA) is 132 Å². The number of nitro groups is 1. The Kier molecular flexibility index (Phi) is 6.93. The molecule has 10 heteroatoms. The van der Waals surface area contributed by atoms with Crippen molar-refractivity contribution < 1.29 is 28.8 Å². The average Bonchev–Trinajstić information content (AvgIpc) is 2.99. The van der Waals surface area contributed by atoms with E-state index in [1.807, 2.05) is 0 Å². The van der Waals surface area contributed by atoms with E-state index in [2.05, 4.69) is 4.98 Å². The van der Waals surface area contributed by atoms with E-state index in [1.165, 1.54) is 12.1 Å². The normalized spacial score (nSPS) is 10.4. The lowest BCUT2D eigenvalue weighted by Crippen LogP contribution is -2.19. The molecule has 2 rings (SSSR count). The number of benzene rings is 1. The second kappa shape index (κ2) is 9.21. The molecule has 1 aromatic heterocycles. The highest BCUT2D eigenvalue weighted by atomic mass is 16.6. The second-order valence-corrected chi connectivity index (χ2v) is 6.70. The first-order valence-corrected chi connectivity index (χ1v) is 9.10. The van der Waals surface area contributed by atoms with Crippen LogP contribution in [0.25, 0.3) is 0 Å². The van der Waals surface area contributed by atoms with Gasteiger partial charge in [0, 0.05) is 31.9 Å². The summed E-state index contributed by atoms with van der Waals surface area (Å²) >= 11 is 0. The van der Waals surface area contributed by atoms with Gasteiger partial charge in [0.1, 0.15) is 0 Å². The Hall–Kier alpha value is -3.69. The fourth-order valence-electron chi connectivity index (χ4n) is 3.01. The quantitative estimate of drug-likeness (QED) is 0.300. The fraction of sp³-hybridized carbons (Fsp3) is 0.350. The van der Waals surface area contributed by atoms with E-state index in [0.29, 0.717) is 16.9 Å². The molecule has 1 aromatic carbocycles. The third kappa shape index (κ3) is 4.65. The van der Waals surface area contributed by atoms with Crippen molar-refractivity contribution in [2.24, 2.45) is 0 Å². The van der Waals surface area contributed by atoms with Crippen molar-refractivity contribution in [1.82, 2.24) is 4.98 Å². The monoisotopic (exact) mass is 417 g/mol. The van der Waals surface area contributed by atoms with E-state index in [9.17, 15) is 24.5 Å². The van der Waals surface area contributed by atoms with Gasteiger partial charge < -0.3 is 19.4 Å². The standard InChI is InChI=1S/C20H23N3O7/c1-6-29-20(26)17-11(2)18(21-12(17)3)16(24)10-30-19(25)14-9-13(23(27)28)7-8-15(14)22(4)5/h7-9,21H,6,10H2,1-5H3. The van der Waals surface area contributed by atoms with Gasteiger partial charge in [-0.15, -0.1) is 0 Å². The molecule has 0 aliphatic rings. The highest BCUT2D eigenvalue weighted by Gasteiger charge is 2.25. The predicted octanol–water partition coefficient (Wildman–Crippen LogP) is 2.82. The van der Waals surface area contributed by atoms with E-state index in [1.54, 1.807) is 39.8 Å². The molecule has 0 bridgehead atoms. The molecule has 0 spiro atoms. The van der Waals surface area contributed by atoms with E-state index in [4.69, 9.17) is 9.47 Å². The Bertz CT molecular complexity index is 1010. The molecule has 10 nitrogen and oxygen atoms in total. The third-order valence-electron chi connectivity index (χ3n) is 4.42. The molecular formula is C20H23N3O7. The van der Waals surface area contributed by atoms with Gasteiger partial charge >= 0.3 is 11.9 Å². The second-order valence-electron chi connectivity index (χ2n) is 6.70. The number of anilines is 1. The highest BCUT2D eigenvalue weighted by molar-refractivity contribution is 6.04. The maximum Gasteiger partial charge on any atom is 0.340 e. The lowest BCUT2D eigenvalue weighted by atomic mass is 10.1. The summed E-state index contributed by atoms with van der Waals surface area (Å²) in [6.45, 7) is 4.50. The number of hydrogen-bond acceptors (Lipinski definition) is 8. The van der Waals surface area contributed by atoms with E-state index in [0.717, 1.165) is 6.07 Å². The molecule has 0 aliphatic heterocycles. The molecule has 0 amide bonds. The molecule has 0 radical (unpaired) electrons. The number of hydrogen-bond donors (Lipinski definition) is 1. The Morgan fingerprint density at radius 2 is 1.80 bits per heavy atom. The molecule has 2 aromatic rings. The zero-order valence-electron chi connectivity index (χ0n) is 17.4. The van der Waals surface area contributed by atoms with Gasteiger partial charge in [0.05, 0.1) is 34.0 Å². The Labute approximate surface area is 172 Å². The number of rotatable bonds is 8. The zero-order valence-corrected chi connectivity index (χ0v) is 17.4. The number of aryl methyl sites for hydroxylation is 1. The van der Waals surface area contributed by atoms with Gasteiger partial charge in [-0.05, 0) is 32.4 Å². The molecule has 160 valence electrons. The first-order chi connectivity index (χ1) is 14.1. The number of nitrogens with one attached hydrogen (secondary N) is 1. The first-order valence-electron chi connectivity index (χ1n) is 9.10. The summed E-state index contributed by atoms with van der Waals surface area (Å²) in [6.07, 6.45) is 0. The number of H-pyrrole nitrogens is 1. The van der Waals surface area contributed by atoms with Gasteiger partial charge in [0.15, 0.2) is 6.61 Å². The van der Waals surface area contributed by atoms with Gasteiger partial charge in [0.25, 0.3) is 5.69 Å². The van der Waals surface area contributed by atoms with Gasteiger partial charge in [-0.1, -0.05) is 0 Å². The number of non-ortho nitro benzene ring substituents is 1. The number of nitrogens with zero attached hydrogens (tertiary/aromatic N) is 2. The van der Waals surface area contributed by atoms with Gasteiger partial charge in [0.2, 0.25) is 5.78 Å². The Morgan fingerprint density at radius 3 is 2.37 bits per heavy atom. The average molecular weight is 417 g/mol. The minimum absolute atomic E-state index is 0.0337. The number of aromatic amines is 1. The minimum Gasteiger partial charge on any atom is -0.462 e. The van der Waals surface area contributed by atoms with Crippen LogP contribution in [0.1, 0.15) is 49.4 Å². The SMILES string of the molecule is CCOC(=O)c1c(C)[nH]c(C(=O)COC(=O)c2cc([N+](=O)[O-])ccc2N(C)C)c1C. The number of Topliss-reactive ketones (excluding diaryl/α,β-unsaturated/α-hetero) is 1. The number of nitro benzene ring substituents is 1. The molecular weight excluding hydrogens is 394 g/mol. The van der Waals surface area contributed by atoms with Crippen LogP contribution in [0.15, 0.2) is 18.2 Å². The summed E-state index contributed by atoms with van der Waals surface area (Å²) in [5.74, 6) is -1.97. The molecule has 0 saturated heterocycles. The van der Waals surface area contributed by atoms with Crippen LogP contribution in [0.3, 0.4) is 0 Å². The van der Waals surface area contributed by atoms with E-state index in [-0.39, 0.29) is 29.1 Å². The van der Waals surface area contributed by atoms with Crippen LogP contribution in [-0.2, 0) is 9.47 Å². The highest BCUT2D eigenvalue weighted by Crippen LogP contribution is 2.25. The maximum absolute atomic E-state index is 12.6. The van der Waals surface area contributed by atoms with Crippen LogP contribution >= 0.6 is 0 Å². The fourth-order valence-corrected chi connectivity index (χ4v) is 3.01. The van der Waals surface area contributed by atoms with Crippen molar-refractivity contribution in [2.75, 3.05) is 32.2 Å². The van der Waals surface area contributed by atoms with Crippen LogP contribution in [0.5, 0.6) is 0 Å². The number of carbonyl (C=O) groups excluding carboxylic acids is 3. The van der Waals surface area contributed by atoms with Gasteiger partial charge in [-0.2, -0.15) is 0 Å². The number of carbonyl (C=O) groups is 3. The summed E-state index contributed by atoms with van der Waals surface area (Å²) in [7, 11) is 3.34. The molecule has 30 heavy (non-hydrogen) atoms. The number of ketones is 1. The lowest BCUT2D eigenvalue weighted by Gasteiger charge is -2.16. The van der Waals surface area contributed by atoms with Crippen molar-refractivity contribution in [3.05, 3.63) is 56.4 Å². The molecule has 0 aliphatic carbocycles. The summed E-state index contributed by atoms with van der Waals surface area (Å²) in [4.78, 5) is 52.0. The molecule has 1 N–H and O–H groups in total. The van der Waals surface area contributed by atoms with Crippen molar-refractivity contribution in [1.29, 1.82) is 0 Å². The summed E-state index contributed by atoms with van der Waals surface area (Å²) in [5, 5.41) is 11.0. The van der Waals surface area contributed by atoms with Crippen molar-refractivity contribution in [2.45, 2.75) is 20.8 Å².